The summed E-state index contributed by atoms with van der Waals surface area (Å²) in [6, 6.07) is -0.0482. The van der Waals surface area contributed by atoms with Gasteiger partial charge in [0.1, 0.15) is 6.54 Å². The highest BCUT2D eigenvalue weighted by molar-refractivity contribution is 5.76. The Hall–Kier alpha value is -1.56. The largest absolute Gasteiger partial charge is 0.396 e. The highest BCUT2D eigenvalue weighted by Gasteiger charge is 2.24. The fourth-order valence-corrected chi connectivity index (χ4v) is 2.39. The van der Waals surface area contributed by atoms with Crippen LogP contribution in [0.25, 0.3) is 0 Å². The Kier molecular flexibility index (Phi) is 4.19. The molecule has 1 amide bonds. The van der Waals surface area contributed by atoms with Crippen molar-refractivity contribution in [2.75, 3.05) is 18.9 Å². The number of aliphatic hydroxyl groups excluding tert-OH is 1. The summed E-state index contributed by atoms with van der Waals surface area (Å²) in [7, 11) is 0. The fourth-order valence-electron chi connectivity index (χ4n) is 2.39. The van der Waals surface area contributed by atoms with Gasteiger partial charge in [-0.1, -0.05) is 12.8 Å². The van der Waals surface area contributed by atoms with Crippen molar-refractivity contribution in [2.45, 2.75) is 38.3 Å². The van der Waals surface area contributed by atoms with E-state index in [1.807, 2.05) is 0 Å². The average Bonchev–Trinajstić information content (AvgIpc) is 2.65. The number of hydrogen-bond donors (Lipinski definition) is 2. The van der Waals surface area contributed by atoms with E-state index in [4.69, 9.17) is 5.73 Å². The van der Waals surface area contributed by atoms with Crippen LogP contribution in [-0.2, 0) is 11.3 Å². The maximum Gasteiger partial charge on any atom is 0.244 e. The highest BCUT2D eigenvalue weighted by atomic mass is 16.3. The van der Waals surface area contributed by atoms with Gasteiger partial charge in [-0.2, -0.15) is 5.10 Å². The summed E-state index contributed by atoms with van der Waals surface area (Å²) < 4.78 is 1.54. The number of carbonyl (C=O) groups excluding carboxylic acids is 1. The Morgan fingerprint density at radius 2 is 2.33 bits per heavy atom. The van der Waals surface area contributed by atoms with Gasteiger partial charge in [0.25, 0.3) is 0 Å². The van der Waals surface area contributed by atoms with E-state index in [2.05, 4.69) is 5.10 Å². The molecule has 1 aliphatic heterocycles. The van der Waals surface area contributed by atoms with Gasteiger partial charge in [0, 0.05) is 12.7 Å². The predicted octanol–water partition coefficient (Wildman–Crippen LogP) is 0.229. The molecule has 18 heavy (non-hydrogen) atoms. The number of likely N-dealkylation sites (tertiary alicyclic amines) is 1. The smallest absolute Gasteiger partial charge is 0.244 e. The lowest BCUT2D eigenvalue weighted by Crippen LogP contribution is -2.43. The van der Waals surface area contributed by atoms with E-state index >= 15 is 0 Å². The van der Waals surface area contributed by atoms with Crippen LogP contribution in [0.1, 0.15) is 25.7 Å². The number of nitrogens with zero attached hydrogens (tertiary/aromatic N) is 3. The molecule has 0 bridgehead atoms. The predicted molar refractivity (Wildman–Crippen MR) is 67.7 cm³/mol. The molecule has 3 N–H and O–H groups in total. The summed E-state index contributed by atoms with van der Waals surface area (Å²) in [5.41, 5.74) is 6.12. The van der Waals surface area contributed by atoms with Crippen LogP contribution >= 0.6 is 0 Å². The molecule has 0 radical (unpaired) electrons. The second-order valence-corrected chi connectivity index (χ2v) is 4.74. The number of aliphatic hydroxyl groups is 1. The van der Waals surface area contributed by atoms with Crippen LogP contribution in [0.2, 0.25) is 0 Å². The second-order valence-electron chi connectivity index (χ2n) is 4.74. The number of carbonyl (C=O) groups is 1. The van der Waals surface area contributed by atoms with Crippen LogP contribution in [0.3, 0.4) is 0 Å². The van der Waals surface area contributed by atoms with Crippen molar-refractivity contribution in [3.05, 3.63) is 12.4 Å². The van der Waals surface area contributed by atoms with Crippen molar-refractivity contribution >= 4 is 11.6 Å². The lowest BCUT2D eigenvalue weighted by molar-refractivity contribution is -0.135. The van der Waals surface area contributed by atoms with Crippen molar-refractivity contribution in [3.63, 3.8) is 0 Å². The summed E-state index contributed by atoms with van der Waals surface area (Å²) in [4.78, 5) is 14.0. The SMILES string of the molecule is Nc1cnn(CC(=O)N2CCCCCC2CO)c1. The van der Waals surface area contributed by atoms with Gasteiger partial charge in [0.05, 0.1) is 24.5 Å². The molecule has 1 saturated heterocycles. The molecule has 100 valence electrons. The number of hydrogen-bond acceptors (Lipinski definition) is 4. The number of anilines is 1. The Labute approximate surface area is 106 Å². The summed E-state index contributed by atoms with van der Waals surface area (Å²) in [6.45, 7) is 0.946. The van der Waals surface area contributed by atoms with Crippen molar-refractivity contribution < 1.29 is 9.90 Å². The van der Waals surface area contributed by atoms with Crippen molar-refractivity contribution in [3.8, 4) is 0 Å². The molecule has 0 saturated carbocycles. The first-order valence-corrected chi connectivity index (χ1v) is 6.39. The van der Waals surface area contributed by atoms with Crippen LogP contribution in [0.5, 0.6) is 0 Å². The average molecular weight is 252 g/mol. The Morgan fingerprint density at radius 1 is 1.50 bits per heavy atom. The van der Waals surface area contributed by atoms with Crippen LogP contribution < -0.4 is 5.73 Å². The summed E-state index contributed by atoms with van der Waals surface area (Å²) in [5.74, 6) is -0.000880. The molecule has 2 rings (SSSR count). The molecule has 2 heterocycles. The highest BCUT2D eigenvalue weighted by Crippen LogP contribution is 2.17. The summed E-state index contributed by atoms with van der Waals surface area (Å²) >= 11 is 0. The minimum Gasteiger partial charge on any atom is -0.396 e. The van der Waals surface area contributed by atoms with E-state index in [-0.39, 0.29) is 25.1 Å². The van der Waals surface area contributed by atoms with Crippen LogP contribution in [0.15, 0.2) is 12.4 Å². The minimum absolute atomic E-state index is 0.000880. The molecule has 0 spiro atoms. The summed E-state index contributed by atoms with van der Waals surface area (Å²) in [6.07, 6.45) is 7.24. The zero-order valence-corrected chi connectivity index (χ0v) is 10.5. The van der Waals surface area contributed by atoms with Crippen LogP contribution in [-0.4, -0.2) is 44.9 Å². The maximum atomic E-state index is 12.2. The lowest BCUT2D eigenvalue weighted by Gasteiger charge is -2.28. The molecular weight excluding hydrogens is 232 g/mol. The van der Waals surface area contributed by atoms with E-state index in [0.717, 1.165) is 32.2 Å². The molecule has 1 fully saturated rings. The van der Waals surface area contributed by atoms with Gasteiger partial charge in [0.2, 0.25) is 5.91 Å². The number of nitrogen functional groups attached to an aromatic ring is 1. The van der Waals surface area contributed by atoms with Gasteiger partial charge in [-0.05, 0) is 12.8 Å². The standard InChI is InChI=1S/C12H20N4O2/c13-10-6-14-15(7-10)8-12(18)16-5-3-1-2-4-11(16)9-17/h6-7,11,17H,1-5,8-9,13H2. The minimum atomic E-state index is -0.0482. The van der Waals surface area contributed by atoms with E-state index in [1.54, 1.807) is 11.1 Å². The van der Waals surface area contributed by atoms with Gasteiger partial charge in [-0.15, -0.1) is 0 Å². The Morgan fingerprint density at radius 3 is 3.00 bits per heavy atom. The van der Waals surface area contributed by atoms with Crippen molar-refractivity contribution in [1.29, 1.82) is 0 Å². The third-order valence-corrected chi connectivity index (χ3v) is 3.36. The molecule has 0 aromatic carbocycles. The third-order valence-electron chi connectivity index (χ3n) is 3.36. The zero-order chi connectivity index (χ0) is 13.0. The molecule has 1 aromatic heterocycles. The number of nitrogens with two attached hydrogens (primary N) is 1. The van der Waals surface area contributed by atoms with Crippen molar-refractivity contribution in [2.24, 2.45) is 0 Å². The van der Waals surface area contributed by atoms with Crippen molar-refractivity contribution in [1.82, 2.24) is 14.7 Å². The number of rotatable bonds is 3. The molecular formula is C12H20N4O2. The van der Waals surface area contributed by atoms with Crippen LogP contribution in [0, 0.1) is 0 Å². The van der Waals surface area contributed by atoms with E-state index in [9.17, 15) is 9.90 Å². The molecule has 1 aromatic rings. The Balaban J connectivity index is 2.01. The summed E-state index contributed by atoms with van der Waals surface area (Å²) in [5, 5.41) is 13.4. The first-order valence-electron chi connectivity index (χ1n) is 6.39. The van der Waals surface area contributed by atoms with Crippen LogP contribution in [0.4, 0.5) is 5.69 Å². The topological polar surface area (TPSA) is 84.4 Å². The maximum absolute atomic E-state index is 12.2. The third kappa shape index (κ3) is 3.01. The zero-order valence-electron chi connectivity index (χ0n) is 10.5. The Bertz CT molecular complexity index is 405. The molecule has 1 unspecified atom stereocenters. The number of amides is 1. The first kappa shape index (κ1) is 12.9. The quantitative estimate of drug-likeness (QED) is 0.806. The second kappa shape index (κ2) is 5.86. The van der Waals surface area contributed by atoms with Gasteiger partial charge in [0.15, 0.2) is 0 Å². The van der Waals surface area contributed by atoms with Gasteiger partial charge in [-0.25, -0.2) is 0 Å². The number of aromatic nitrogens is 2. The van der Waals surface area contributed by atoms with Gasteiger partial charge < -0.3 is 15.7 Å². The van der Waals surface area contributed by atoms with Gasteiger partial charge in [-0.3, -0.25) is 9.48 Å². The van der Waals surface area contributed by atoms with E-state index in [1.165, 1.54) is 10.9 Å². The monoisotopic (exact) mass is 252 g/mol. The molecule has 1 atom stereocenters. The van der Waals surface area contributed by atoms with Gasteiger partial charge >= 0.3 is 0 Å². The first-order chi connectivity index (χ1) is 8.70. The molecule has 0 aliphatic carbocycles. The van der Waals surface area contributed by atoms with E-state index in [0.29, 0.717) is 5.69 Å². The fraction of sp³-hybridized carbons (Fsp3) is 0.667. The van der Waals surface area contributed by atoms with E-state index < -0.39 is 0 Å². The normalized spacial score (nSPS) is 20.7. The molecule has 6 nitrogen and oxygen atoms in total. The lowest BCUT2D eigenvalue weighted by atomic mass is 10.1. The molecule has 1 aliphatic rings. The molecule has 6 heteroatoms.